The number of hydrogen-bond donors (Lipinski definition) is 1. The summed E-state index contributed by atoms with van der Waals surface area (Å²) in [6.45, 7) is 0.395. The Labute approximate surface area is 153 Å². The van der Waals surface area contributed by atoms with Gasteiger partial charge in [0.2, 0.25) is 11.1 Å². The summed E-state index contributed by atoms with van der Waals surface area (Å²) >= 11 is 7.49. The van der Waals surface area contributed by atoms with E-state index in [1.807, 2.05) is 48.5 Å². The Morgan fingerprint density at radius 2 is 1.96 bits per heavy atom. The number of amides is 1. The first-order chi connectivity index (χ1) is 12.2. The van der Waals surface area contributed by atoms with Crippen molar-refractivity contribution >= 4 is 29.3 Å². The van der Waals surface area contributed by atoms with Crippen LogP contribution in [0.25, 0.3) is 11.4 Å². The lowest BCUT2D eigenvalue weighted by Crippen LogP contribution is -2.29. The van der Waals surface area contributed by atoms with Crippen molar-refractivity contribution in [2.45, 2.75) is 11.8 Å². The monoisotopic (exact) mass is 372 g/mol. The van der Waals surface area contributed by atoms with E-state index in [-0.39, 0.29) is 5.91 Å². The van der Waals surface area contributed by atoms with E-state index >= 15 is 0 Å². The largest absolute Gasteiger partial charge is 0.489 e. The summed E-state index contributed by atoms with van der Waals surface area (Å²) in [5.41, 5.74) is 4.53. The molecule has 4 rings (SSSR count). The summed E-state index contributed by atoms with van der Waals surface area (Å²) in [6, 6.07) is 15.0. The fraction of sp³-hybridized carbons (Fsp3) is 0.118. The normalized spacial score (nSPS) is 13.2. The Hall–Kier alpha value is -2.51. The minimum atomic E-state index is -0.0711. The molecule has 0 radical (unpaired) electrons. The highest BCUT2D eigenvalue weighted by Crippen LogP contribution is 2.27. The van der Waals surface area contributed by atoms with E-state index in [4.69, 9.17) is 16.3 Å². The zero-order chi connectivity index (χ0) is 17.2. The fourth-order valence-corrected chi connectivity index (χ4v) is 3.29. The summed E-state index contributed by atoms with van der Waals surface area (Å²) in [4.78, 5) is 11.6. The van der Waals surface area contributed by atoms with Gasteiger partial charge in [0.25, 0.3) is 0 Å². The van der Waals surface area contributed by atoms with Crippen LogP contribution in [0.1, 0.15) is 5.56 Å². The molecule has 1 aliphatic rings. The Kier molecular flexibility index (Phi) is 4.33. The van der Waals surface area contributed by atoms with Crippen molar-refractivity contribution < 1.29 is 9.53 Å². The van der Waals surface area contributed by atoms with Gasteiger partial charge in [0.05, 0.1) is 5.75 Å². The van der Waals surface area contributed by atoms with Crippen LogP contribution in [0.2, 0.25) is 5.02 Å². The van der Waals surface area contributed by atoms with Gasteiger partial charge in [0, 0.05) is 16.1 Å². The van der Waals surface area contributed by atoms with Crippen molar-refractivity contribution in [1.82, 2.24) is 14.9 Å². The van der Waals surface area contributed by atoms with Gasteiger partial charge in [0.1, 0.15) is 12.4 Å². The summed E-state index contributed by atoms with van der Waals surface area (Å²) in [7, 11) is 0. The molecule has 0 spiro atoms. The number of rotatable bonds is 4. The quantitative estimate of drug-likeness (QED) is 0.760. The third-order valence-electron chi connectivity index (χ3n) is 3.67. The number of nitrogens with one attached hydrogen (secondary N) is 1. The van der Waals surface area contributed by atoms with E-state index in [2.05, 4.69) is 15.6 Å². The molecule has 0 saturated carbocycles. The van der Waals surface area contributed by atoms with Gasteiger partial charge in [-0.25, -0.2) is 4.68 Å². The molecule has 126 valence electrons. The van der Waals surface area contributed by atoms with Crippen LogP contribution in [0.3, 0.4) is 0 Å². The minimum Gasteiger partial charge on any atom is -0.489 e. The molecule has 8 heteroatoms. The predicted molar refractivity (Wildman–Crippen MR) is 96.3 cm³/mol. The first kappa shape index (κ1) is 16.0. The highest BCUT2D eigenvalue weighted by atomic mass is 35.5. The molecular formula is C17H13ClN4O2S. The Morgan fingerprint density at radius 1 is 1.16 bits per heavy atom. The van der Waals surface area contributed by atoms with Crippen LogP contribution in [0.4, 0.5) is 0 Å². The third kappa shape index (κ3) is 3.33. The Bertz CT molecular complexity index is 927. The van der Waals surface area contributed by atoms with Crippen LogP contribution in [0.5, 0.6) is 5.75 Å². The number of carbonyl (C=O) groups excluding carboxylic acids is 1. The smallest absolute Gasteiger partial charge is 0.249 e. The number of hydrogen-bond acceptors (Lipinski definition) is 5. The lowest BCUT2D eigenvalue weighted by molar-refractivity contribution is -0.114. The number of halogens is 1. The van der Waals surface area contributed by atoms with Gasteiger partial charge in [-0.1, -0.05) is 41.6 Å². The summed E-state index contributed by atoms with van der Waals surface area (Å²) in [6.07, 6.45) is 0. The molecule has 1 amide bonds. The molecule has 0 bridgehead atoms. The molecule has 1 aromatic heterocycles. The molecule has 1 N–H and O–H groups in total. The Morgan fingerprint density at radius 3 is 2.76 bits per heavy atom. The maximum absolute atomic E-state index is 11.6. The highest BCUT2D eigenvalue weighted by molar-refractivity contribution is 7.99. The average Bonchev–Trinajstić information content (AvgIpc) is 3.04. The van der Waals surface area contributed by atoms with Gasteiger partial charge in [-0.2, -0.15) is 0 Å². The SMILES string of the molecule is O=C1CSc2nnc(-c3ccc(OCc4ccccc4Cl)cc3)n2N1. The first-order valence-corrected chi connectivity index (χ1v) is 8.92. The maximum atomic E-state index is 11.6. The van der Waals surface area contributed by atoms with Gasteiger partial charge < -0.3 is 4.74 Å². The van der Waals surface area contributed by atoms with E-state index < -0.39 is 0 Å². The van der Waals surface area contributed by atoms with Crippen LogP contribution in [0, 0.1) is 0 Å². The number of ether oxygens (including phenoxy) is 1. The maximum Gasteiger partial charge on any atom is 0.249 e. The molecule has 2 aromatic carbocycles. The van der Waals surface area contributed by atoms with Crippen LogP contribution >= 0.6 is 23.4 Å². The molecule has 3 aromatic rings. The van der Waals surface area contributed by atoms with Crippen molar-refractivity contribution in [2.24, 2.45) is 0 Å². The second-order valence-corrected chi connectivity index (χ2v) is 6.72. The number of thioether (sulfide) groups is 1. The van der Waals surface area contributed by atoms with Crippen molar-refractivity contribution in [3.05, 3.63) is 59.1 Å². The van der Waals surface area contributed by atoms with Gasteiger partial charge >= 0.3 is 0 Å². The van der Waals surface area contributed by atoms with Gasteiger partial charge in [-0.05, 0) is 30.3 Å². The second kappa shape index (κ2) is 6.78. The van der Waals surface area contributed by atoms with Crippen molar-refractivity contribution in [2.75, 3.05) is 11.2 Å². The zero-order valence-corrected chi connectivity index (χ0v) is 14.5. The number of fused-ring (bicyclic) bond motifs is 1. The molecule has 0 unspecified atom stereocenters. The molecular weight excluding hydrogens is 360 g/mol. The third-order valence-corrected chi connectivity index (χ3v) is 4.96. The molecule has 0 aliphatic carbocycles. The van der Waals surface area contributed by atoms with E-state index in [1.165, 1.54) is 11.8 Å². The summed E-state index contributed by atoms with van der Waals surface area (Å²) in [5.74, 6) is 1.60. The lowest BCUT2D eigenvalue weighted by atomic mass is 10.2. The predicted octanol–water partition coefficient (Wildman–Crippen LogP) is 3.35. The van der Waals surface area contributed by atoms with Crippen molar-refractivity contribution in [1.29, 1.82) is 0 Å². The molecule has 2 heterocycles. The zero-order valence-electron chi connectivity index (χ0n) is 13.0. The topological polar surface area (TPSA) is 69.0 Å². The Balaban J connectivity index is 1.50. The molecule has 6 nitrogen and oxygen atoms in total. The number of nitrogens with zero attached hydrogens (tertiary/aromatic N) is 3. The van der Waals surface area contributed by atoms with E-state index in [1.54, 1.807) is 4.68 Å². The number of benzene rings is 2. The lowest BCUT2D eigenvalue weighted by Gasteiger charge is -2.15. The number of carbonyl (C=O) groups is 1. The molecule has 0 saturated heterocycles. The van der Waals surface area contributed by atoms with Gasteiger partial charge in [0.15, 0.2) is 5.82 Å². The minimum absolute atomic E-state index is 0.0711. The molecule has 0 atom stereocenters. The van der Waals surface area contributed by atoms with Gasteiger partial charge in [-0.15, -0.1) is 10.2 Å². The van der Waals surface area contributed by atoms with Crippen LogP contribution in [0.15, 0.2) is 53.7 Å². The summed E-state index contributed by atoms with van der Waals surface area (Å²) in [5, 5.41) is 9.60. The summed E-state index contributed by atoms with van der Waals surface area (Å²) < 4.78 is 7.38. The highest BCUT2D eigenvalue weighted by Gasteiger charge is 2.21. The van der Waals surface area contributed by atoms with Crippen molar-refractivity contribution in [3.8, 4) is 17.1 Å². The molecule has 1 aliphatic heterocycles. The van der Waals surface area contributed by atoms with Crippen molar-refractivity contribution in [3.63, 3.8) is 0 Å². The first-order valence-electron chi connectivity index (χ1n) is 7.55. The van der Waals surface area contributed by atoms with E-state index in [0.717, 1.165) is 16.9 Å². The van der Waals surface area contributed by atoms with Crippen LogP contribution in [-0.4, -0.2) is 26.5 Å². The van der Waals surface area contributed by atoms with Crippen LogP contribution < -0.4 is 10.2 Å². The van der Waals surface area contributed by atoms with Gasteiger partial charge in [-0.3, -0.25) is 10.2 Å². The number of aromatic nitrogens is 3. The van der Waals surface area contributed by atoms with E-state index in [0.29, 0.717) is 28.4 Å². The molecule has 0 fully saturated rings. The second-order valence-electron chi connectivity index (χ2n) is 5.37. The average molecular weight is 373 g/mol. The molecule has 25 heavy (non-hydrogen) atoms. The fourth-order valence-electron chi connectivity index (χ4n) is 2.42. The van der Waals surface area contributed by atoms with E-state index in [9.17, 15) is 4.79 Å². The standard InChI is InChI=1S/C17H13ClN4O2S/c18-14-4-2-1-3-12(14)9-24-13-7-5-11(6-8-13)16-19-20-17-22(16)21-15(23)10-25-17/h1-8H,9-10H2,(H,21,23). The van der Waals surface area contributed by atoms with Crippen LogP contribution in [-0.2, 0) is 11.4 Å².